The minimum atomic E-state index is -0.131. The van der Waals surface area contributed by atoms with E-state index in [0.29, 0.717) is 24.5 Å². The Labute approximate surface area is 111 Å². The van der Waals surface area contributed by atoms with E-state index in [0.717, 1.165) is 12.1 Å². The van der Waals surface area contributed by atoms with Crippen molar-refractivity contribution in [2.24, 2.45) is 5.73 Å². The predicted molar refractivity (Wildman–Crippen MR) is 72.1 cm³/mol. The van der Waals surface area contributed by atoms with Crippen LogP contribution in [0.2, 0.25) is 0 Å². The van der Waals surface area contributed by atoms with Crippen molar-refractivity contribution in [3.63, 3.8) is 0 Å². The van der Waals surface area contributed by atoms with Crippen molar-refractivity contribution < 1.29 is 4.79 Å². The molecule has 0 aliphatic carbocycles. The molecule has 100 valence electrons. The Kier molecular flexibility index (Phi) is 4.25. The van der Waals surface area contributed by atoms with Crippen LogP contribution >= 0.6 is 0 Å². The van der Waals surface area contributed by atoms with Crippen LogP contribution in [0, 0.1) is 6.92 Å². The van der Waals surface area contributed by atoms with E-state index in [4.69, 9.17) is 5.73 Å². The predicted octanol–water partition coefficient (Wildman–Crippen LogP) is 0.654. The lowest BCUT2D eigenvalue weighted by atomic mass is 10.2. The maximum Gasteiger partial charge on any atom is 0.254 e. The lowest BCUT2D eigenvalue weighted by Crippen LogP contribution is -2.26. The molecule has 2 rings (SSSR count). The zero-order chi connectivity index (χ0) is 13.7. The van der Waals surface area contributed by atoms with Crippen LogP contribution in [0.25, 0.3) is 5.82 Å². The van der Waals surface area contributed by atoms with Gasteiger partial charge in [0.2, 0.25) is 0 Å². The Morgan fingerprint density at radius 2 is 2.32 bits per heavy atom. The van der Waals surface area contributed by atoms with Crippen molar-refractivity contribution in [1.82, 2.24) is 20.1 Å². The lowest BCUT2D eigenvalue weighted by molar-refractivity contribution is 0.0953. The van der Waals surface area contributed by atoms with Crippen LogP contribution in [-0.2, 0) is 0 Å². The Morgan fingerprint density at radius 1 is 1.47 bits per heavy atom. The summed E-state index contributed by atoms with van der Waals surface area (Å²) in [5.41, 5.74) is 6.71. The largest absolute Gasteiger partial charge is 0.352 e. The van der Waals surface area contributed by atoms with E-state index in [1.807, 2.05) is 25.1 Å². The maximum atomic E-state index is 12.0. The first-order valence-electron chi connectivity index (χ1n) is 6.18. The van der Waals surface area contributed by atoms with E-state index in [2.05, 4.69) is 15.4 Å². The Morgan fingerprint density at radius 3 is 3.00 bits per heavy atom. The van der Waals surface area contributed by atoms with Gasteiger partial charge in [0.15, 0.2) is 5.82 Å². The first-order valence-corrected chi connectivity index (χ1v) is 6.18. The summed E-state index contributed by atoms with van der Waals surface area (Å²) in [5.74, 6) is 0.564. The first-order chi connectivity index (χ1) is 9.24. The summed E-state index contributed by atoms with van der Waals surface area (Å²) in [7, 11) is 0. The molecule has 0 saturated heterocycles. The van der Waals surface area contributed by atoms with Crippen LogP contribution in [0.15, 0.2) is 30.6 Å². The smallest absolute Gasteiger partial charge is 0.254 e. The number of nitrogens with one attached hydrogen (secondary N) is 1. The van der Waals surface area contributed by atoms with E-state index < -0.39 is 0 Å². The third kappa shape index (κ3) is 2.97. The minimum absolute atomic E-state index is 0.131. The van der Waals surface area contributed by atoms with E-state index in [1.54, 1.807) is 17.1 Å². The molecule has 3 N–H and O–H groups in total. The number of nitrogens with two attached hydrogens (primary N) is 1. The van der Waals surface area contributed by atoms with Crippen molar-refractivity contribution in [2.75, 3.05) is 13.1 Å². The number of amides is 1. The summed E-state index contributed by atoms with van der Waals surface area (Å²) in [6.07, 6.45) is 4.01. The molecule has 2 heterocycles. The number of pyridine rings is 1. The minimum Gasteiger partial charge on any atom is -0.352 e. The van der Waals surface area contributed by atoms with E-state index in [1.165, 1.54) is 0 Å². The molecule has 2 aromatic heterocycles. The fraction of sp³-hybridized carbons (Fsp3) is 0.308. The molecule has 0 saturated carbocycles. The van der Waals surface area contributed by atoms with Crippen LogP contribution in [0.1, 0.15) is 22.5 Å². The lowest BCUT2D eigenvalue weighted by Gasteiger charge is -2.05. The SMILES string of the molecule is Cc1c(C(=O)NCCCN)cnn1-c1ccccn1. The van der Waals surface area contributed by atoms with Gasteiger partial charge >= 0.3 is 0 Å². The molecule has 0 aliphatic heterocycles. The van der Waals surface area contributed by atoms with Crippen LogP contribution in [0.4, 0.5) is 0 Å². The number of carbonyl (C=O) groups is 1. The molecular formula is C13H17N5O. The molecule has 6 heteroatoms. The van der Waals surface area contributed by atoms with Gasteiger partial charge in [0.25, 0.3) is 5.91 Å². The van der Waals surface area contributed by atoms with Gasteiger partial charge in [-0.1, -0.05) is 6.07 Å². The molecule has 1 amide bonds. The molecular weight excluding hydrogens is 242 g/mol. The fourth-order valence-corrected chi connectivity index (χ4v) is 1.74. The highest BCUT2D eigenvalue weighted by Crippen LogP contribution is 2.11. The molecule has 0 unspecified atom stereocenters. The number of rotatable bonds is 5. The molecule has 0 atom stereocenters. The van der Waals surface area contributed by atoms with Crippen molar-refractivity contribution in [3.8, 4) is 5.82 Å². The summed E-state index contributed by atoms with van der Waals surface area (Å²) in [5, 5.41) is 7.02. The molecule has 0 aliphatic rings. The van der Waals surface area contributed by atoms with Crippen LogP contribution in [0.5, 0.6) is 0 Å². The summed E-state index contributed by atoms with van der Waals surface area (Å²) in [4.78, 5) is 16.2. The topological polar surface area (TPSA) is 85.8 Å². The summed E-state index contributed by atoms with van der Waals surface area (Å²) >= 11 is 0. The quantitative estimate of drug-likeness (QED) is 0.772. The summed E-state index contributed by atoms with van der Waals surface area (Å²) in [6.45, 7) is 2.98. The van der Waals surface area contributed by atoms with Gasteiger partial charge in [-0.15, -0.1) is 0 Å². The average Bonchev–Trinajstić information content (AvgIpc) is 2.82. The van der Waals surface area contributed by atoms with Gasteiger partial charge in [-0.2, -0.15) is 5.10 Å². The van der Waals surface area contributed by atoms with Crippen LogP contribution in [-0.4, -0.2) is 33.8 Å². The van der Waals surface area contributed by atoms with Crippen LogP contribution < -0.4 is 11.1 Å². The zero-order valence-corrected chi connectivity index (χ0v) is 10.8. The van der Waals surface area contributed by atoms with Gasteiger partial charge in [0, 0.05) is 12.7 Å². The number of nitrogens with zero attached hydrogens (tertiary/aromatic N) is 3. The highest BCUT2D eigenvalue weighted by Gasteiger charge is 2.14. The first kappa shape index (κ1) is 13.2. The number of hydrogen-bond donors (Lipinski definition) is 2. The fourth-order valence-electron chi connectivity index (χ4n) is 1.74. The number of hydrogen-bond acceptors (Lipinski definition) is 4. The molecule has 0 bridgehead atoms. The number of aromatic nitrogens is 3. The molecule has 2 aromatic rings. The third-order valence-electron chi connectivity index (χ3n) is 2.79. The normalized spacial score (nSPS) is 10.4. The third-order valence-corrected chi connectivity index (χ3v) is 2.79. The molecule has 0 spiro atoms. The van der Waals surface area contributed by atoms with Crippen molar-refractivity contribution in [2.45, 2.75) is 13.3 Å². The second-order valence-electron chi connectivity index (χ2n) is 4.14. The highest BCUT2D eigenvalue weighted by atomic mass is 16.1. The van der Waals surface area contributed by atoms with Gasteiger partial charge in [0.1, 0.15) is 0 Å². The Hall–Kier alpha value is -2.21. The molecule has 19 heavy (non-hydrogen) atoms. The Balaban J connectivity index is 2.17. The van der Waals surface area contributed by atoms with Gasteiger partial charge in [0.05, 0.1) is 17.5 Å². The van der Waals surface area contributed by atoms with Gasteiger partial charge < -0.3 is 11.1 Å². The standard InChI is InChI=1S/C13H17N5O/c1-10-11(13(19)16-8-4-6-14)9-17-18(10)12-5-2-3-7-15-12/h2-3,5,7,9H,4,6,8,14H2,1H3,(H,16,19). The number of carbonyl (C=O) groups excluding carboxylic acids is 1. The second-order valence-corrected chi connectivity index (χ2v) is 4.14. The van der Waals surface area contributed by atoms with Crippen molar-refractivity contribution in [1.29, 1.82) is 0 Å². The Bertz CT molecular complexity index is 549. The van der Waals surface area contributed by atoms with E-state index in [9.17, 15) is 4.79 Å². The molecule has 6 nitrogen and oxygen atoms in total. The van der Waals surface area contributed by atoms with Crippen molar-refractivity contribution in [3.05, 3.63) is 41.9 Å². The van der Waals surface area contributed by atoms with E-state index in [-0.39, 0.29) is 5.91 Å². The van der Waals surface area contributed by atoms with Crippen molar-refractivity contribution >= 4 is 5.91 Å². The average molecular weight is 259 g/mol. The molecule has 0 aromatic carbocycles. The van der Waals surface area contributed by atoms with Gasteiger partial charge in [-0.25, -0.2) is 9.67 Å². The zero-order valence-electron chi connectivity index (χ0n) is 10.8. The highest BCUT2D eigenvalue weighted by molar-refractivity contribution is 5.95. The maximum absolute atomic E-state index is 12.0. The molecule has 0 radical (unpaired) electrons. The van der Waals surface area contributed by atoms with Crippen LogP contribution in [0.3, 0.4) is 0 Å². The summed E-state index contributed by atoms with van der Waals surface area (Å²) in [6, 6.07) is 5.56. The monoisotopic (exact) mass is 259 g/mol. The van der Waals surface area contributed by atoms with E-state index >= 15 is 0 Å². The molecule has 0 fully saturated rings. The van der Waals surface area contributed by atoms with Gasteiger partial charge in [-0.3, -0.25) is 4.79 Å². The summed E-state index contributed by atoms with van der Waals surface area (Å²) < 4.78 is 1.65. The second kappa shape index (κ2) is 6.10. The van der Waals surface area contributed by atoms with Gasteiger partial charge in [-0.05, 0) is 32.0 Å².